The highest BCUT2D eigenvalue weighted by atomic mass is 16.2. The molecule has 0 bridgehead atoms. The van der Waals surface area contributed by atoms with Crippen LogP contribution in [0.3, 0.4) is 0 Å². The van der Waals surface area contributed by atoms with Gasteiger partial charge in [-0.25, -0.2) is 0 Å². The van der Waals surface area contributed by atoms with E-state index in [1.807, 2.05) is 27.7 Å². The van der Waals surface area contributed by atoms with E-state index in [1.54, 1.807) is 13.8 Å². The number of rotatable bonds is 8. The van der Waals surface area contributed by atoms with Gasteiger partial charge >= 0.3 is 0 Å². The summed E-state index contributed by atoms with van der Waals surface area (Å²) in [5.41, 5.74) is 0.680. The quantitative estimate of drug-likeness (QED) is 0.361. The first kappa shape index (κ1) is 25.2. The highest BCUT2D eigenvalue weighted by molar-refractivity contribution is 6.22. The fourth-order valence-electron chi connectivity index (χ4n) is 4.64. The molecular formula is C24H37N3O4. The zero-order valence-electron chi connectivity index (χ0n) is 19.8. The van der Waals surface area contributed by atoms with E-state index in [2.05, 4.69) is 15.3 Å². The fourth-order valence-corrected chi connectivity index (χ4v) is 4.64. The summed E-state index contributed by atoms with van der Waals surface area (Å²) < 4.78 is 0. The molecule has 0 saturated heterocycles. The molecule has 2 fully saturated rings. The standard InChI is InChI=1S/C24H37N3O4/c1-15(21-17(28)11-23(3,4)12-18(21)29)26-9-7-25-8-10-27-16(2)22-19(30)13-24(5,6)14-20(22)31/h21-22,25H,7-14H2,1-6H3. The molecule has 0 spiro atoms. The number of nitrogens with zero attached hydrogens (tertiary/aromatic N) is 2. The van der Waals surface area contributed by atoms with Crippen molar-refractivity contribution in [3.05, 3.63) is 0 Å². The number of hydrogen-bond donors (Lipinski definition) is 1. The van der Waals surface area contributed by atoms with E-state index in [4.69, 9.17) is 0 Å². The average molecular weight is 432 g/mol. The molecule has 2 aliphatic rings. The topological polar surface area (TPSA) is 105 Å². The number of carbonyl (C=O) groups excluding carboxylic acids is 4. The van der Waals surface area contributed by atoms with Gasteiger partial charge in [-0.1, -0.05) is 27.7 Å². The molecule has 0 aromatic rings. The van der Waals surface area contributed by atoms with Crippen molar-refractivity contribution in [2.75, 3.05) is 26.2 Å². The molecule has 172 valence electrons. The predicted octanol–water partition coefficient (Wildman–Crippen LogP) is 2.65. The third-order valence-electron chi connectivity index (χ3n) is 6.03. The van der Waals surface area contributed by atoms with Crippen LogP contribution in [0.4, 0.5) is 0 Å². The van der Waals surface area contributed by atoms with E-state index < -0.39 is 11.8 Å². The fraction of sp³-hybridized carbons (Fsp3) is 0.750. The highest BCUT2D eigenvalue weighted by Crippen LogP contribution is 2.35. The minimum atomic E-state index is -0.684. The molecule has 0 unspecified atom stereocenters. The predicted molar refractivity (Wildman–Crippen MR) is 122 cm³/mol. The van der Waals surface area contributed by atoms with Crippen molar-refractivity contribution in [1.29, 1.82) is 0 Å². The minimum Gasteiger partial charge on any atom is -0.313 e. The molecule has 2 rings (SSSR count). The summed E-state index contributed by atoms with van der Waals surface area (Å²) in [5.74, 6) is -1.50. The zero-order valence-corrected chi connectivity index (χ0v) is 19.8. The summed E-state index contributed by atoms with van der Waals surface area (Å²) >= 11 is 0. The van der Waals surface area contributed by atoms with Crippen molar-refractivity contribution in [2.24, 2.45) is 32.7 Å². The van der Waals surface area contributed by atoms with Crippen molar-refractivity contribution in [1.82, 2.24) is 5.32 Å². The van der Waals surface area contributed by atoms with Gasteiger partial charge in [0.25, 0.3) is 0 Å². The van der Waals surface area contributed by atoms with Crippen LogP contribution in [0.25, 0.3) is 0 Å². The highest BCUT2D eigenvalue weighted by Gasteiger charge is 2.41. The third-order valence-corrected chi connectivity index (χ3v) is 6.03. The summed E-state index contributed by atoms with van der Waals surface area (Å²) in [5, 5.41) is 3.22. The Morgan fingerprint density at radius 2 is 1.00 bits per heavy atom. The molecule has 0 aromatic carbocycles. The van der Waals surface area contributed by atoms with Crippen LogP contribution in [0.5, 0.6) is 0 Å². The summed E-state index contributed by atoms with van der Waals surface area (Å²) in [6, 6.07) is 0. The van der Waals surface area contributed by atoms with E-state index >= 15 is 0 Å². The van der Waals surface area contributed by atoms with Gasteiger partial charge in [-0.3, -0.25) is 29.2 Å². The van der Waals surface area contributed by atoms with Gasteiger partial charge in [0.05, 0.1) is 13.1 Å². The lowest BCUT2D eigenvalue weighted by Gasteiger charge is -2.31. The SMILES string of the molecule is CC(=NCCNCCN=C(C)C1C(=O)CC(C)(C)CC1=O)C1C(=O)CC(C)(C)CC1=O. The second kappa shape index (κ2) is 10.1. The summed E-state index contributed by atoms with van der Waals surface area (Å²) in [4.78, 5) is 58.2. The maximum Gasteiger partial charge on any atom is 0.149 e. The first-order valence-corrected chi connectivity index (χ1v) is 11.2. The van der Waals surface area contributed by atoms with Gasteiger partial charge in [0.2, 0.25) is 0 Å². The van der Waals surface area contributed by atoms with Gasteiger partial charge in [0.1, 0.15) is 35.0 Å². The van der Waals surface area contributed by atoms with Crippen LogP contribution in [0, 0.1) is 22.7 Å². The minimum absolute atomic E-state index is 0.0320. The van der Waals surface area contributed by atoms with Crippen molar-refractivity contribution >= 4 is 34.6 Å². The number of Topliss-reactive ketones (excluding diaryl/α,β-unsaturated/α-hetero) is 4. The second-order valence-electron chi connectivity index (χ2n) is 10.6. The van der Waals surface area contributed by atoms with Crippen LogP contribution in [-0.2, 0) is 19.2 Å². The van der Waals surface area contributed by atoms with Gasteiger partial charge in [-0.2, -0.15) is 0 Å². The van der Waals surface area contributed by atoms with Crippen LogP contribution in [0.2, 0.25) is 0 Å². The Morgan fingerprint density at radius 1 is 0.710 bits per heavy atom. The number of aliphatic imine (C=N–C) groups is 2. The Kier molecular flexibility index (Phi) is 8.20. The molecule has 2 saturated carbocycles. The molecule has 0 heterocycles. The van der Waals surface area contributed by atoms with Crippen molar-refractivity contribution in [3.63, 3.8) is 0 Å². The van der Waals surface area contributed by atoms with Gasteiger partial charge < -0.3 is 5.32 Å². The first-order valence-electron chi connectivity index (χ1n) is 11.2. The largest absolute Gasteiger partial charge is 0.313 e. The maximum absolute atomic E-state index is 12.3. The maximum atomic E-state index is 12.3. The number of ketones is 4. The van der Waals surface area contributed by atoms with E-state index in [0.29, 0.717) is 63.3 Å². The molecule has 31 heavy (non-hydrogen) atoms. The molecule has 1 N–H and O–H groups in total. The second-order valence-corrected chi connectivity index (χ2v) is 10.6. The Balaban J connectivity index is 1.74. The van der Waals surface area contributed by atoms with E-state index in [9.17, 15) is 19.2 Å². The smallest absolute Gasteiger partial charge is 0.149 e. The third kappa shape index (κ3) is 6.99. The first-order chi connectivity index (χ1) is 14.3. The van der Waals surface area contributed by atoms with Crippen molar-refractivity contribution < 1.29 is 19.2 Å². The monoisotopic (exact) mass is 431 g/mol. The Hall–Kier alpha value is -2.02. The molecule has 0 radical (unpaired) electrons. The van der Waals surface area contributed by atoms with Crippen LogP contribution < -0.4 is 5.32 Å². The lowest BCUT2D eigenvalue weighted by atomic mass is 9.70. The Morgan fingerprint density at radius 3 is 1.29 bits per heavy atom. The summed E-state index contributed by atoms with van der Waals surface area (Å²) in [6.07, 6.45) is 1.65. The van der Waals surface area contributed by atoms with Crippen LogP contribution in [0.1, 0.15) is 67.2 Å². The Labute approximate surface area is 185 Å². The molecule has 0 amide bonds. The Bertz CT molecular complexity index is 702. The van der Waals surface area contributed by atoms with Crippen molar-refractivity contribution in [3.8, 4) is 0 Å². The molecular weight excluding hydrogens is 394 g/mol. The van der Waals surface area contributed by atoms with E-state index in [0.717, 1.165) is 0 Å². The van der Waals surface area contributed by atoms with Gasteiger partial charge in [0.15, 0.2) is 0 Å². The molecule has 0 aliphatic heterocycles. The molecule has 7 nitrogen and oxygen atoms in total. The normalized spacial score (nSPS) is 23.5. The summed E-state index contributed by atoms with van der Waals surface area (Å²) in [6.45, 7) is 13.4. The van der Waals surface area contributed by atoms with Crippen LogP contribution in [-0.4, -0.2) is 60.7 Å². The van der Waals surface area contributed by atoms with Crippen LogP contribution >= 0.6 is 0 Å². The molecule has 0 aromatic heterocycles. The zero-order chi connectivity index (χ0) is 23.4. The molecule has 7 heteroatoms. The number of nitrogens with one attached hydrogen (secondary N) is 1. The van der Waals surface area contributed by atoms with E-state index in [-0.39, 0.29) is 34.0 Å². The summed E-state index contributed by atoms with van der Waals surface area (Å²) in [7, 11) is 0. The molecule has 0 atom stereocenters. The molecule has 2 aliphatic carbocycles. The number of carbonyl (C=O) groups is 4. The number of hydrogen-bond acceptors (Lipinski definition) is 7. The van der Waals surface area contributed by atoms with Crippen molar-refractivity contribution in [2.45, 2.75) is 67.2 Å². The van der Waals surface area contributed by atoms with Gasteiger partial charge in [-0.15, -0.1) is 0 Å². The lowest BCUT2D eigenvalue weighted by molar-refractivity contribution is -0.138. The van der Waals surface area contributed by atoms with E-state index in [1.165, 1.54) is 0 Å². The van der Waals surface area contributed by atoms with Gasteiger partial charge in [-0.05, 0) is 24.7 Å². The average Bonchev–Trinajstić information content (AvgIpc) is 2.57. The van der Waals surface area contributed by atoms with Crippen LogP contribution in [0.15, 0.2) is 9.98 Å². The van der Waals surface area contributed by atoms with Gasteiger partial charge in [0, 0.05) is 50.2 Å². The lowest BCUT2D eigenvalue weighted by Crippen LogP contribution is -2.41.